The number of hydrogen-bond donors (Lipinski definition) is 0. The number of carbonyl (C=O) groups excluding carboxylic acids is 1. The van der Waals surface area contributed by atoms with Gasteiger partial charge in [-0.3, -0.25) is 9.48 Å². The fourth-order valence-corrected chi connectivity index (χ4v) is 2.71. The van der Waals surface area contributed by atoms with Crippen LogP contribution in [0.3, 0.4) is 0 Å². The third-order valence-electron chi connectivity index (χ3n) is 4.09. The van der Waals surface area contributed by atoms with Crippen LogP contribution in [-0.4, -0.2) is 40.8 Å². The minimum Gasteiger partial charge on any atom is -0.497 e. The van der Waals surface area contributed by atoms with E-state index in [1.54, 1.807) is 25.1 Å². The van der Waals surface area contributed by atoms with Gasteiger partial charge in [-0.05, 0) is 38.0 Å². The quantitative estimate of drug-likeness (QED) is 0.738. The molecule has 0 unspecified atom stereocenters. The molecule has 6 nitrogen and oxygen atoms in total. The van der Waals surface area contributed by atoms with Crippen LogP contribution in [0, 0.1) is 0 Å². The number of aryl methyl sites for hydroxylation is 2. The van der Waals surface area contributed by atoms with Crippen molar-refractivity contribution < 1.29 is 14.3 Å². The maximum atomic E-state index is 12.7. The van der Waals surface area contributed by atoms with Gasteiger partial charge in [0.2, 0.25) is 5.91 Å². The van der Waals surface area contributed by atoms with Crippen molar-refractivity contribution in [2.45, 2.75) is 39.3 Å². The van der Waals surface area contributed by atoms with Crippen molar-refractivity contribution >= 4 is 5.91 Å². The lowest BCUT2D eigenvalue weighted by Gasteiger charge is -2.26. The lowest BCUT2D eigenvalue weighted by molar-refractivity contribution is -0.133. The number of carbonyl (C=O) groups is 1. The normalized spacial score (nSPS) is 10.8. The van der Waals surface area contributed by atoms with E-state index in [0.717, 1.165) is 22.6 Å². The van der Waals surface area contributed by atoms with Crippen molar-refractivity contribution in [1.82, 2.24) is 14.7 Å². The first-order valence-electron chi connectivity index (χ1n) is 8.42. The highest BCUT2D eigenvalue weighted by atomic mass is 16.5. The second-order valence-corrected chi connectivity index (χ2v) is 6.36. The van der Waals surface area contributed by atoms with Crippen LogP contribution >= 0.6 is 0 Å². The highest BCUT2D eigenvalue weighted by Crippen LogP contribution is 2.23. The Morgan fingerprint density at radius 3 is 2.28 bits per heavy atom. The van der Waals surface area contributed by atoms with Gasteiger partial charge in [0, 0.05) is 43.9 Å². The first-order valence-corrected chi connectivity index (χ1v) is 8.42. The predicted octanol–water partition coefficient (Wildman–Crippen LogP) is 2.81. The molecule has 136 valence electrons. The minimum absolute atomic E-state index is 0.126. The zero-order valence-corrected chi connectivity index (χ0v) is 15.7. The molecule has 6 heteroatoms. The van der Waals surface area contributed by atoms with E-state index in [2.05, 4.69) is 5.10 Å². The van der Waals surface area contributed by atoms with E-state index in [4.69, 9.17) is 9.47 Å². The molecule has 2 aromatic rings. The molecular formula is C19H27N3O3. The SMILES string of the molecule is COc1cc(CCC(=O)N(Cc2cnn(C)c2)C(C)C)cc(OC)c1. The number of nitrogens with zero attached hydrogens (tertiary/aromatic N) is 3. The monoisotopic (exact) mass is 345 g/mol. The standard InChI is InChI=1S/C19H27N3O3/c1-14(2)22(13-16-11-20-21(3)12-16)19(23)7-6-15-8-17(24-4)10-18(9-15)25-5/h8-12,14H,6-7,13H2,1-5H3. The molecule has 0 bridgehead atoms. The molecule has 1 aromatic heterocycles. The largest absolute Gasteiger partial charge is 0.497 e. The van der Waals surface area contributed by atoms with E-state index in [0.29, 0.717) is 19.4 Å². The summed E-state index contributed by atoms with van der Waals surface area (Å²) in [4.78, 5) is 14.6. The van der Waals surface area contributed by atoms with Gasteiger partial charge in [0.25, 0.3) is 0 Å². The van der Waals surface area contributed by atoms with E-state index in [9.17, 15) is 4.79 Å². The molecule has 25 heavy (non-hydrogen) atoms. The Bertz CT molecular complexity index is 687. The van der Waals surface area contributed by atoms with Crippen molar-refractivity contribution in [3.05, 3.63) is 41.7 Å². The van der Waals surface area contributed by atoms with Crippen molar-refractivity contribution in [2.24, 2.45) is 7.05 Å². The second kappa shape index (κ2) is 8.55. The summed E-state index contributed by atoms with van der Waals surface area (Å²) in [5.41, 5.74) is 2.06. The molecule has 0 spiro atoms. The van der Waals surface area contributed by atoms with Gasteiger partial charge in [0.1, 0.15) is 11.5 Å². The molecule has 0 aliphatic heterocycles. The molecular weight excluding hydrogens is 318 g/mol. The van der Waals surface area contributed by atoms with Gasteiger partial charge in [0.05, 0.1) is 20.4 Å². The van der Waals surface area contributed by atoms with Gasteiger partial charge < -0.3 is 14.4 Å². The first-order chi connectivity index (χ1) is 11.9. The molecule has 0 aliphatic rings. The van der Waals surface area contributed by atoms with E-state index < -0.39 is 0 Å². The summed E-state index contributed by atoms with van der Waals surface area (Å²) in [5.74, 6) is 1.59. The zero-order chi connectivity index (χ0) is 18.4. The van der Waals surface area contributed by atoms with Crippen LogP contribution < -0.4 is 9.47 Å². The maximum Gasteiger partial charge on any atom is 0.223 e. The Morgan fingerprint density at radius 1 is 1.16 bits per heavy atom. The van der Waals surface area contributed by atoms with Crippen LogP contribution in [0.5, 0.6) is 11.5 Å². The molecule has 0 saturated heterocycles. The molecule has 0 aliphatic carbocycles. The molecule has 0 fully saturated rings. The highest BCUT2D eigenvalue weighted by molar-refractivity contribution is 5.76. The Balaban J connectivity index is 2.03. The van der Waals surface area contributed by atoms with Gasteiger partial charge in [-0.25, -0.2) is 0 Å². The average molecular weight is 345 g/mol. The summed E-state index contributed by atoms with van der Waals surface area (Å²) in [6, 6.07) is 5.84. The molecule has 1 heterocycles. The molecule has 0 atom stereocenters. The number of methoxy groups -OCH3 is 2. The average Bonchev–Trinajstić information content (AvgIpc) is 3.02. The van der Waals surface area contributed by atoms with Gasteiger partial charge in [0.15, 0.2) is 0 Å². The third kappa shape index (κ3) is 5.24. The van der Waals surface area contributed by atoms with Crippen molar-refractivity contribution in [1.29, 1.82) is 0 Å². The molecule has 1 aromatic carbocycles. The van der Waals surface area contributed by atoms with E-state index in [1.165, 1.54) is 0 Å². The van der Waals surface area contributed by atoms with Crippen LogP contribution in [0.25, 0.3) is 0 Å². The topological polar surface area (TPSA) is 56.6 Å². The summed E-state index contributed by atoms with van der Waals surface area (Å²) in [5, 5.41) is 4.17. The Labute approximate surface area is 149 Å². The van der Waals surface area contributed by atoms with Crippen LogP contribution in [0.4, 0.5) is 0 Å². The number of benzene rings is 1. The summed E-state index contributed by atoms with van der Waals surface area (Å²) in [7, 11) is 5.12. The summed E-state index contributed by atoms with van der Waals surface area (Å²) in [6.07, 6.45) is 4.82. The molecule has 0 saturated carbocycles. The van der Waals surface area contributed by atoms with E-state index in [-0.39, 0.29) is 11.9 Å². The lowest BCUT2D eigenvalue weighted by Crippen LogP contribution is -2.36. The molecule has 0 radical (unpaired) electrons. The molecule has 1 amide bonds. The predicted molar refractivity (Wildman–Crippen MR) is 96.8 cm³/mol. The summed E-state index contributed by atoms with van der Waals surface area (Å²) < 4.78 is 12.3. The van der Waals surface area contributed by atoms with Crippen LogP contribution in [0.1, 0.15) is 31.4 Å². The van der Waals surface area contributed by atoms with Crippen molar-refractivity contribution in [2.75, 3.05) is 14.2 Å². The first kappa shape index (κ1) is 18.8. The van der Waals surface area contributed by atoms with Crippen LogP contribution in [0.15, 0.2) is 30.6 Å². The zero-order valence-electron chi connectivity index (χ0n) is 15.7. The van der Waals surface area contributed by atoms with Crippen molar-refractivity contribution in [3.63, 3.8) is 0 Å². The fourth-order valence-electron chi connectivity index (χ4n) is 2.71. The molecule has 0 N–H and O–H groups in total. The van der Waals surface area contributed by atoms with Gasteiger partial charge in [-0.1, -0.05) is 0 Å². The summed E-state index contributed by atoms with van der Waals surface area (Å²) in [6.45, 7) is 4.64. The minimum atomic E-state index is 0.126. The van der Waals surface area contributed by atoms with Crippen LogP contribution in [0.2, 0.25) is 0 Å². The van der Waals surface area contributed by atoms with Crippen LogP contribution in [-0.2, 0) is 24.8 Å². The second-order valence-electron chi connectivity index (χ2n) is 6.36. The van der Waals surface area contributed by atoms with Crippen molar-refractivity contribution in [3.8, 4) is 11.5 Å². The Hall–Kier alpha value is -2.50. The Kier molecular flexibility index (Phi) is 6.44. The fraction of sp³-hybridized carbons (Fsp3) is 0.474. The Morgan fingerprint density at radius 2 is 1.80 bits per heavy atom. The highest BCUT2D eigenvalue weighted by Gasteiger charge is 2.18. The van der Waals surface area contributed by atoms with Gasteiger partial charge in [-0.15, -0.1) is 0 Å². The maximum absolute atomic E-state index is 12.7. The number of aromatic nitrogens is 2. The smallest absolute Gasteiger partial charge is 0.223 e. The van der Waals surface area contributed by atoms with E-state index in [1.807, 2.05) is 50.2 Å². The summed E-state index contributed by atoms with van der Waals surface area (Å²) >= 11 is 0. The third-order valence-corrected chi connectivity index (χ3v) is 4.09. The number of rotatable bonds is 8. The van der Waals surface area contributed by atoms with Gasteiger partial charge in [-0.2, -0.15) is 5.10 Å². The number of hydrogen-bond acceptors (Lipinski definition) is 4. The lowest BCUT2D eigenvalue weighted by atomic mass is 10.1. The van der Waals surface area contributed by atoms with E-state index >= 15 is 0 Å². The number of amides is 1. The molecule has 2 rings (SSSR count). The van der Waals surface area contributed by atoms with Gasteiger partial charge >= 0.3 is 0 Å². The number of ether oxygens (including phenoxy) is 2.